The van der Waals surface area contributed by atoms with Crippen LogP contribution in [0.1, 0.15) is 112 Å². The van der Waals surface area contributed by atoms with Gasteiger partial charge in [0.2, 0.25) is 5.78 Å². The highest BCUT2D eigenvalue weighted by molar-refractivity contribution is 6.06. The van der Waals surface area contributed by atoms with Crippen LogP contribution in [0.3, 0.4) is 0 Å². The number of fused-ring (bicyclic) bond motifs is 7. The lowest BCUT2D eigenvalue weighted by molar-refractivity contribution is -0.396. The number of aryl methyl sites for hydroxylation is 1. The summed E-state index contributed by atoms with van der Waals surface area (Å²) in [7, 11) is 0. The number of nitrogens with zero attached hydrogens (tertiary/aromatic N) is 3. The van der Waals surface area contributed by atoms with E-state index in [0.717, 1.165) is 81.8 Å². The number of hydrogen-bond acceptors (Lipinski definition) is 7. The summed E-state index contributed by atoms with van der Waals surface area (Å²) >= 11 is 0. The molecule has 5 aliphatic rings. The number of nitro groups is 1. The smallest absolute Gasteiger partial charge is 0.434 e. The molecule has 254 valence electrons. The SMILES string of the molecule is CC1=C(O)C(=O)C=C2C1=CC=C1[C@@]2(C)CC[C@@]2(C)[C@@H]3C[C@](C)(C(=O)OCCCCCCn4ccnc4[N+](=O)[O-])CC[C@]3(C)CC[C@]12C. The van der Waals surface area contributed by atoms with Crippen molar-refractivity contribution in [2.45, 2.75) is 119 Å². The molecule has 0 spiro atoms. The van der Waals surface area contributed by atoms with Crippen LogP contribution in [0.4, 0.5) is 5.95 Å². The largest absolute Gasteiger partial charge is 0.504 e. The quantitative estimate of drug-likeness (QED) is 0.124. The normalized spacial score (nSPS) is 36.3. The first-order valence-electron chi connectivity index (χ1n) is 17.5. The molecule has 0 unspecified atom stereocenters. The number of ketones is 1. The molecule has 6 rings (SSSR count). The minimum atomic E-state index is -0.529. The fourth-order valence-corrected chi connectivity index (χ4v) is 10.4. The number of ether oxygens (including phenoxy) is 1. The summed E-state index contributed by atoms with van der Waals surface area (Å²) in [6.45, 7) is 14.6. The van der Waals surface area contributed by atoms with Crippen molar-refractivity contribution < 1.29 is 24.4 Å². The van der Waals surface area contributed by atoms with Crippen molar-refractivity contribution in [1.29, 1.82) is 0 Å². The van der Waals surface area contributed by atoms with Gasteiger partial charge in [-0.3, -0.25) is 9.59 Å². The van der Waals surface area contributed by atoms with Crippen LogP contribution in [0.5, 0.6) is 0 Å². The maximum absolute atomic E-state index is 13.7. The Hall–Kier alpha value is -3.49. The van der Waals surface area contributed by atoms with Gasteiger partial charge in [0, 0.05) is 11.0 Å². The fourth-order valence-electron chi connectivity index (χ4n) is 10.4. The first-order chi connectivity index (χ1) is 22.1. The molecule has 1 heterocycles. The Balaban J connectivity index is 1.13. The van der Waals surface area contributed by atoms with Gasteiger partial charge >= 0.3 is 11.9 Å². The van der Waals surface area contributed by atoms with Gasteiger partial charge in [-0.05, 0) is 122 Å². The van der Waals surface area contributed by atoms with Gasteiger partial charge in [-0.1, -0.05) is 56.8 Å². The maximum Gasteiger partial charge on any atom is 0.434 e. The number of carbonyl (C=O) groups excluding carboxylic acids is 2. The molecule has 3 saturated carbocycles. The molecule has 3 fully saturated rings. The highest BCUT2D eigenvalue weighted by Crippen LogP contribution is 2.75. The van der Waals surface area contributed by atoms with Crippen LogP contribution in [0, 0.1) is 43.1 Å². The summed E-state index contributed by atoms with van der Waals surface area (Å²) in [5.41, 5.74) is 3.35. The number of rotatable bonds is 9. The zero-order valence-electron chi connectivity index (χ0n) is 29.0. The Kier molecular flexibility index (Phi) is 8.24. The number of unbranched alkanes of at least 4 members (excludes halogenated alkanes) is 3. The molecule has 0 amide bonds. The van der Waals surface area contributed by atoms with E-state index in [4.69, 9.17) is 4.74 Å². The van der Waals surface area contributed by atoms with Crippen LogP contribution >= 0.6 is 0 Å². The van der Waals surface area contributed by atoms with E-state index in [0.29, 0.717) is 24.6 Å². The summed E-state index contributed by atoms with van der Waals surface area (Å²) in [5, 5.41) is 21.5. The zero-order valence-corrected chi connectivity index (χ0v) is 29.0. The van der Waals surface area contributed by atoms with Crippen molar-refractivity contribution in [2.24, 2.45) is 33.0 Å². The van der Waals surface area contributed by atoms with Gasteiger partial charge in [0.05, 0.1) is 18.6 Å². The number of aliphatic hydroxyl groups excluding tert-OH is 1. The van der Waals surface area contributed by atoms with Gasteiger partial charge < -0.3 is 20.0 Å². The molecule has 47 heavy (non-hydrogen) atoms. The molecule has 6 atom stereocenters. The Labute approximate surface area is 278 Å². The van der Waals surface area contributed by atoms with Crippen molar-refractivity contribution in [3.63, 3.8) is 0 Å². The van der Waals surface area contributed by atoms with Crippen molar-refractivity contribution >= 4 is 17.7 Å². The van der Waals surface area contributed by atoms with Gasteiger partial charge in [0.1, 0.15) is 12.4 Å². The first-order valence-corrected chi connectivity index (χ1v) is 17.5. The summed E-state index contributed by atoms with van der Waals surface area (Å²) < 4.78 is 7.53. The second-order valence-corrected chi connectivity index (χ2v) is 16.3. The van der Waals surface area contributed by atoms with Crippen LogP contribution in [-0.2, 0) is 20.9 Å². The maximum atomic E-state index is 13.7. The van der Waals surface area contributed by atoms with Crippen LogP contribution in [0.2, 0.25) is 0 Å². The van der Waals surface area contributed by atoms with E-state index < -0.39 is 10.3 Å². The van der Waals surface area contributed by atoms with Crippen LogP contribution in [0.15, 0.2) is 58.7 Å². The number of aliphatic hydroxyl groups is 1. The second-order valence-electron chi connectivity index (χ2n) is 16.3. The fraction of sp³-hybridized carbons (Fsp3) is 0.658. The third-order valence-electron chi connectivity index (χ3n) is 13.7. The summed E-state index contributed by atoms with van der Waals surface area (Å²) in [6, 6.07) is 0. The standard InChI is InChI=1S/C38H51N3O6/c1-25-26-11-12-29-36(4,27(26)23-28(42)31(25)43)16-18-38(6)30-24-35(3,14-13-34(30,2)15-17-37(29,38)5)32(44)47-22-10-8-7-9-20-40-21-19-39-33(40)41(45)46/h11-12,19,21,23,30,43H,7-10,13-18,20,22,24H2,1-6H3/t30-,34-,35-,36+,37-,38+/m1/s1. The minimum Gasteiger partial charge on any atom is -0.504 e. The summed E-state index contributed by atoms with van der Waals surface area (Å²) in [6.07, 6.45) is 19.4. The predicted octanol–water partition coefficient (Wildman–Crippen LogP) is 8.52. The molecule has 1 aromatic heterocycles. The molecule has 0 radical (unpaired) electrons. The molecule has 1 N–H and O–H groups in total. The molecule has 0 aliphatic heterocycles. The summed E-state index contributed by atoms with van der Waals surface area (Å²) in [4.78, 5) is 40.9. The van der Waals surface area contributed by atoms with E-state index in [1.807, 2.05) is 6.92 Å². The third kappa shape index (κ3) is 5.14. The Morgan fingerprint density at radius 3 is 2.51 bits per heavy atom. The molecular weight excluding hydrogens is 594 g/mol. The van der Waals surface area contributed by atoms with Crippen molar-refractivity contribution in [1.82, 2.24) is 9.55 Å². The molecule has 1 aromatic rings. The topological polar surface area (TPSA) is 125 Å². The molecule has 0 bridgehead atoms. The van der Waals surface area contributed by atoms with Gasteiger partial charge in [0.25, 0.3) is 0 Å². The third-order valence-corrected chi connectivity index (χ3v) is 13.7. The number of allylic oxidation sites excluding steroid dienone is 7. The van der Waals surface area contributed by atoms with Gasteiger partial charge in [-0.15, -0.1) is 0 Å². The molecule has 9 heteroatoms. The molecule has 5 aliphatic carbocycles. The second kappa shape index (κ2) is 11.6. The molecule has 9 nitrogen and oxygen atoms in total. The molecule has 0 aromatic carbocycles. The number of hydrogen-bond donors (Lipinski definition) is 1. The number of carbonyl (C=O) groups is 2. The van der Waals surface area contributed by atoms with Crippen LogP contribution < -0.4 is 0 Å². The van der Waals surface area contributed by atoms with E-state index >= 15 is 0 Å². The van der Waals surface area contributed by atoms with E-state index in [9.17, 15) is 24.8 Å². The molecule has 0 saturated heterocycles. The van der Waals surface area contributed by atoms with E-state index in [-0.39, 0.29) is 45.1 Å². The van der Waals surface area contributed by atoms with Crippen LogP contribution in [0.25, 0.3) is 0 Å². The Bertz CT molecular complexity index is 1630. The Morgan fingerprint density at radius 2 is 1.77 bits per heavy atom. The number of imidazole rings is 1. The van der Waals surface area contributed by atoms with Gasteiger partial charge in [0.15, 0.2) is 5.76 Å². The number of esters is 1. The van der Waals surface area contributed by atoms with E-state index in [2.05, 4.69) is 51.8 Å². The minimum absolute atomic E-state index is 0.0186. The van der Waals surface area contributed by atoms with E-state index in [1.54, 1.807) is 16.8 Å². The monoisotopic (exact) mass is 645 g/mol. The van der Waals surface area contributed by atoms with Crippen molar-refractivity contribution in [2.75, 3.05) is 6.61 Å². The summed E-state index contributed by atoms with van der Waals surface area (Å²) in [5.74, 6) is -0.293. The van der Waals surface area contributed by atoms with Gasteiger partial charge in [-0.2, -0.15) is 0 Å². The lowest BCUT2D eigenvalue weighted by atomic mass is 9.34. The Morgan fingerprint density at radius 1 is 1.04 bits per heavy atom. The van der Waals surface area contributed by atoms with Crippen molar-refractivity contribution in [3.8, 4) is 0 Å². The van der Waals surface area contributed by atoms with E-state index in [1.165, 1.54) is 11.8 Å². The van der Waals surface area contributed by atoms with Gasteiger partial charge in [-0.25, -0.2) is 4.57 Å². The highest BCUT2D eigenvalue weighted by atomic mass is 16.6. The highest BCUT2D eigenvalue weighted by Gasteiger charge is 2.67. The lowest BCUT2D eigenvalue weighted by Crippen LogP contribution is -2.62. The average molecular weight is 646 g/mol. The van der Waals surface area contributed by atoms with Crippen LogP contribution in [-0.4, -0.2) is 37.9 Å². The molecular formula is C38H51N3O6. The predicted molar refractivity (Wildman–Crippen MR) is 179 cm³/mol. The van der Waals surface area contributed by atoms with Crippen molar-refractivity contribution in [3.05, 3.63) is 68.8 Å². The lowest BCUT2D eigenvalue weighted by Gasteiger charge is -2.70. The average Bonchev–Trinajstić information content (AvgIpc) is 3.51. The zero-order chi connectivity index (χ0) is 34.0. The first kappa shape index (κ1) is 33.4. The number of aromatic nitrogens is 2.